The molecule has 25 heavy (non-hydrogen) atoms. The van der Waals surface area contributed by atoms with E-state index in [9.17, 15) is 4.79 Å². The van der Waals surface area contributed by atoms with Gasteiger partial charge in [-0.25, -0.2) is 9.79 Å². The van der Waals surface area contributed by atoms with Crippen molar-refractivity contribution in [2.75, 3.05) is 0 Å². The van der Waals surface area contributed by atoms with Crippen molar-refractivity contribution in [3.05, 3.63) is 35.9 Å². The second-order valence-corrected chi connectivity index (χ2v) is 8.45. The summed E-state index contributed by atoms with van der Waals surface area (Å²) in [6.45, 7) is 9.05. The van der Waals surface area contributed by atoms with Gasteiger partial charge in [0.15, 0.2) is 6.10 Å². The number of hydrogen-bond donors (Lipinski definition) is 0. The summed E-state index contributed by atoms with van der Waals surface area (Å²) in [5, 5.41) is 0. The zero-order valence-corrected chi connectivity index (χ0v) is 15.5. The van der Waals surface area contributed by atoms with E-state index >= 15 is 0 Å². The standard InChI is InChI=1S/C21H27NO3/c1-5-15(24-19(23)13-9-7-6-8-10-13)18-22-16-14-11-12-21(4,17(16)25-18)20(14,2)3/h6-10,14-17H,5,11-12H2,1-4H3/t14-,15-,16-,17-,21+/m1/s1. The SMILES string of the molecule is CC[C@@H](OC(=O)c1ccccc1)C1=N[C@@H]2[C@H]3CC[C@@](C)([C@@H]2O1)C3(C)C. The Kier molecular flexibility index (Phi) is 3.71. The molecule has 0 saturated heterocycles. The predicted molar refractivity (Wildman–Crippen MR) is 96.6 cm³/mol. The molecule has 4 rings (SSSR count). The maximum atomic E-state index is 12.4. The minimum absolute atomic E-state index is 0.126. The molecule has 2 saturated carbocycles. The molecule has 1 aromatic carbocycles. The minimum Gasteiger partial charge on any atom is -0.472 e. The van der Waals surface area contributed by atoms with Gasteiger partial charge >= 0.3 is 5.97 Å². The van der Waals surface area contributed by atoms with Gasteiger partial charge in [-0.05, 0) is 42.7 Å². The molecule has 0 unspecified atom stereocenters. The molecule has 4 heteroatoms. The van der Waals surface area contributed by atoms with Crippen LogP contribution in [0, 0.1) is 16.7 Å². The van der Waals surface area contributed by atoms with Crippen molar-refractivity contribution >= 4 is 11.9 Å². The normalized spacial score (nSPS) is 35.7. The van der Waals surface area contributed by atoms with Crippen LogP contribution in [0.4, 0.5) is 0 Å². The van der Waals surface area contributed by atoms with Crippen LogP contribution in [0.3, 0.4) is 0 Å². The van der Waals surface area contributed by atoms with Crippen LogP contribution in [-0.2, 0) is 9.47 Å². The van der Waals surface area contributed by atoms with E-state index in [0.717, 1.165) is 0 Å². The summed E-state index contributed by atoms with van der Waals surface area (Å²) in [5.41, 5.74) is 0.961. The number of aliphatic imine (C=N–C) groups is 1. The summed E-state index contributed by atoms with van der Waals surface area (Å²) in [6.07, 6.45) is 2.80. The highest BCUT2D eigenvalue weighted by atomic mass is 16.6. The first-order valence-electron chi connectivity index (χ1n) is 9.39. The quantitative estimate of drug-likeness (QED) is 0.770. The van der Waals surface area contributed by atoms with Crippen LogP contribution < -0.4 is 0 Å². The van der Waals surface area contributed by atoms with E-state index in [0.29, 0.717) is 23.8 Å². The third-order valence-corrected chi connectivity index (χ3v) is 7.15. The number of esters is 1. The van der Waals surface area contributed by atoms with Crippen molar-refractivity contribution in [1.29, 1.82) is 0 Å². The molecule has 0 amide bonds. The summed E-state index contributed by atoms with van der Waals surface area (Å²) >= 11 is 0. The Morgan fingerprint density at radius 1 is 1.32 bits per heavy atom. The number of carbonyl (C=O) groups excluding carboxylic acids is 1. The fraction of sp³-hybridized carbons (Fsp3) is 0.619. The van der Waals surface area contributed by atoms with E-state index in [1.807, 2.05) is 25.1 Å². The van der Waals surface area contributed by atoms with Gasteiger partial charge in [-0.3, -0.25) is 0 Å². The lowest BCUT2D eigenvalue weighted by atomic mass is 9.70. The number of carbonyl (C=O) groups is 1. The Morgan fingerprint density at radius 2 is 2.04 bits per heavy atom. The molecule has 2 bridgehead atoms. The molecule has 1 aliphatic heterocycles. The highest BCUT2D eigenvalue weighted by Crippen LogP contribution is 2.68. The van der Waals surface area contributed by atoms with Crippen LogP contribution in [0.1, 0.15) is 57.3 Å². The monoisotopic (exact) mass is 341 g/mol. The van der Waals surface area contributed by atoms with Crippen molar-refractivity contribution in [3.63, 3.8) is 0 Å². The number of nitrogens with zero attached hydrogens (tertiary/aromatic N) is 1. The topological polar surface area (TPSA) is 47.9 Å². The van der Waals surface area contributed by atoms with E-state index < -0.39 is 6.10 Å². The van der Waals surface area contributed by atoms with Gasteiger partial charge in [0.25, 0.3) is 0 Å². The molecule has 0 spiro atoms. The number of hydrogen-bond acceptors (Lipinski definition) is 4. The van der Waals surface area contributed by atoms with Crippen molar-refractivity contribution in [2.24, 2.45) is 21.7 Å². The third kappa shape index (κ3) is 2.26. The largest absolute Gasteiger partial charge is 0.472 e. The molecule has 1 aromatic rings. The van der Waals surface area contributed by atoms with Crippen molar-refractivity contribution in [2.45, 2.75) is 65.2 Å². The lowest BCUT2D eigenvalue weighted by molar-refractivity contribution is 0.0107. The van der Waals surface area contributed by atoms with Crippen molar-refractivity contribution < 1.29 is 14.3 Å². The molecule has 4 nitrogen and oxygen atoms in total. The fourth-order valence-corrected chi connectivity index (χ4v) is 5.16. The van der Waals surface area contributed by atoms with Crippen LogP contribution >= 0.6 is 0 Å². The van der Waals surface area contributed by atoms with Crippen LogP contribution in [-0.4, -0.2) is 30.1 Å². The van der Waals surface area contributed by atoms with Crippen LogP contribution in [0.5, 0.6) is 0 Å². The van der Waals surface area contributed by atoms with Gasteiger partial charge in [0, 0.05) is 5.41 Å². The first-order chi connectivity index (χ1) is 11.9. The van der Waals surface area contributed by atoms with Crippen molar-refractivity contribution in [3.8, 4) is 0 Å². The van der Waals surface area contributed by atoms with Crippen LogP contribution in [0.25, 0.3) is 0 Å². The Morgan fingerprint density at radius 3 is 2.68 bits per heavy atom. The van der Waals surface area contributed by atoms with E-state index in [1.165, 1.54) is 12.8 Å². The molecular weight excluding hydrogens is 314 g/mol. The van der Waals surface area contributed by atoms with Crippen LogP contribution in [0.15, 0.2) is 35.3 Å². The van der Waals surface area contributed by atoms with Crippen molar-refractivity contribution in [1.82, 2.24) is 0 Å². The zero-order chi connectivity index (χ0) is 17.8. The van der Waals surface area contributed by atoms with E-state index in [1.54, 1.807) is 12.1 Å². The second-order valence-electron chi connectivity index (χ2n) is 8.45. The van der Waals surface area contributed by atoms with Gasteiger partial charge in [0.05, 0.1) is 11.6 Å². The fourth-order valence-electron chi connectivity index (χ4n) is 5.16. The first-order valence-corrected chi connectivity index (χ1v) is 9.39. The van der Waals surface area contributed by atoms with E-state index in [2.05, 4.69) is 20.8 Å². The Labute approximate surface area is 149 Å². The highest BCUT2D eigenvalue weighted by Gasteiger charge is 2.69. The molecule has 0 aromatic heterocycles. The van der Waals surface area contributed by atoms with Crippen LogP contribution in [0.2, 0.25) is 0 Å². The van der Waals surface area contributed by atoms with E-state index in [-0.39, 0.29) is 28.9 Å². The average molecular weight is 341 g/mol. The molecule has 2 aliphatic carbocycles. The number of benzene rings is 1. The summed E-state index contributed by atoms with van der Waals surface area (Å²) in [4.78, 5) is 17.3. The summed E-state index contributed by atoms with van der Waals surface area (Å²) < 4.78 is 12.0. The van der Waals surface area contributed by atoms with Gasteiger partial charge in [-0.1, -0.05) is 45.9 Å². The average Bonchev–Trinajstić information content (AvgIpc) is 3.18. The molecule has 3 aliphatic rings. The van der Waals surface area contributed by atoms with Gasteiger partial charge in [0.2, 0.25) is 5.90 Å². The third-order valence-electron chi connectivity index (χ3n) is 7.15. The van der Waals surface area contributed by atoms with Gasteiger partial charge in [0.1, 0.15) is 6.10 Å². The van der Waals surface area contributed by atoms with Gasteiger partial charge in [-0.2, -0.15) is 0 Å². The predicted octanol–water partition coefficient (Wildman–Crippen LogP) is 4.24. The molecular formula is C21H27NO3. The van der Waals surface area contributed by atoms with Gasteiger partial charge < -0.3 is 9.47 Å². The number of fused-ring (bicyclic) bond motifs is 5. The molecule has 5 atom stereocenters. The second kappa shape index (κ2) is 5.58. The lowest BCUT2D eigenvalue weighted by Crippen LogP contribution is -2.40. The maximum Gasteiger partial charge on any atom is 0.338 e. The number of ether oxygens (including phenoxy) is 2. The van der Waals surface area contributed by atoms with E-state index in [4.69, 9.17) is 14.5 Å². The molecule has 2 fully saturated rings. The Balaban J connectivity index is 1.53. The summed E-state index contributed by atoms with van der Waals surface area (Å²) in [5.74, 6) is 0.864. The smallest absolute Gasteiger partial charge is 0.338 e. The molecule has 0 radical (unpaired) electrons. The molecule has 134 valence electrons. The maximum absolute atomic E-state index is 12.4. The Bertz CT molecular complexity index is 711. The zero-order valence-electron chi connectivity index (χ0n) is 15.5. The Hall–Kier alpha value is -1.84. The summed E-state index contributed by atoms with van der Waals surface area (Å²) in [7, 11) is 0. The molecule has 1 heterocycles. The first kappa shape index (κ1) is 16.6. The summed E-state index contributed by atoms with van der Waals surface area (Å²) in [6, 6.07) is 9.32. The van der Waals surface area contributed by atoms with Gasteiger partial charge in [-0.15, -0.1) is 0 Å². The minimum atomic E-state index is -0.399. The highest BCUT2D eigenvalue weighted by molar-refractivity contribution is 5.92. The lowest BCUT2D eigenvalue weighted by Gasteiger charge is -2.38. The molecule has 0 N–H and O–H groups in total. The number of rotatable bonds is 4.